The van der Waals surface area contributed by atoms with Crippen LogP contribution < -0.4 is 20.5 Å². The quantitative estimate of drug-likeness (QED) is 0.867. The van der Waals surface area contributed by atoms with Gasteiger partial charge in [-0.25, -0.2) is 0 Å². The zero-order chi connectivity index (χ0) is 16.5. The third-order valence-corrected chi connectivity index (χ3v) is 3.19. The molecule has 1 aromatic rings. The fourth-order valence-electron chi connectivity index (χ4n) is 2.33. The van der Waals surface area contributed by atoms with E-state index < -0.39 is 11.5 Å². The molecule has 22 heavy (non-hydrogen) atoms. The molecule has 0 bridgehead atoms. The van der Waals surface area contributed by atoms with Crippen molar-refractivity contribution in [3.8, 4) is 17.6 Å². The monoisotopic (exact) mass is 301 g/mol. The molecule has 0 aromatic heterocycles. The number of carbonyl (C=O) groups is 1. The van der Waals surface area contributed by atoms with Crippen molar-refractivity contribution < 1.29 is 14.3 Å². The molecule has 116 valence electrons. The summed E-state index contributed by atoms with van der Waals surface area (Å²) in [7, 11) is 1.50. The molecule has 6 heteroatoms. The minimum Gasteiger partial charge on any atom is -0.493 e. The average molecular weight is 301 g/mol. The maximum absolute atomic E-state index is 12.6. The molecule has 3 N–H and O–H groups in total. The number of methoxy groups -OCH3 is 1. The molecule has 6 nitrogen and oxygen atoms in total. The van der Waals surface area contributed by atoms with Crippen LogP contribution in [0.3, 0.4) is 0 Å². The number of ether oxygens (including phenoxy) is 2. The third kappa shape index (κ3) is 2.84. The first kappa shape index (κ1) is 15.7. The van der Waals surface area contributed by atoms with Crippen molar-refractivity contribution in [1.29, 1.82) is 5.26 Å². The van der Waals surface area contributed by atoms with Crippen LogP contribution in [-0.4, -0.2) is 18.6 Å². The smallest absolute Gasteiger partial charge is 0.233 e. The molecular weight excluding hydrogens is 282 g/mol. The number of rotatable bonds is 2. The second-order valence-electron chi connectivity index (χ2n) is 6.04. The van der Waals surface area contributed by atoms with Gasteiger partial charge in [0.25, 0.3) is 0 Å². The zero-order valence-corrected chi connectivity index (χ0v) is 13.1. The topological polar surface area (TPSA) is 97.4 Å². The van der Waals surface area contributed by atoms with E-state index in [9.17, 15) is 10.1 Å². The minimum atomic E-state index is -0.817. The number of fused-ring (bicyclic) bond motifs is 1. The Morgan fingerprint density at radius 2 is 2.14 bits per heavy atom. The standard InChI is InChI=1S/C16H19N3O3/c1-16(2,3)19-15(20)12-9-6-5-7-11(21-4)13(9)22-14(18)10(12)8-17/h5-7,12H,18H2,1-4H3,(H,19,20). The van der Waals surface area contributed by atoms with E-state index in [1.165, 1.54) is 7.11 Å². The summed E-state index contributed by atoms with van der Waals surface area (Å²) in [5.41, 5.74) is 6.05. The number of nitriles is 1. The normalized spacial score (nSPS) is 17.1. The van der Waals surface area contributed by atoms with Crippen LogP contribution in [0.15, 0.2) is 29.7 Å². The summed E-state index contributed by atoms with van der Waals surface area (Å²) in [6, 6.07) is 7.16. The summed E-state index contributed by atoms with van der Waals surface area (Å²) < 4.78 is 10.7. The van der Waals surface area contributed by atoms with Gasteiger partial charge in [-0.1, -0.05) is 12.1 Å². The van der Waals surface area contributed by atoms with Gasteiger partial charge in [-0.3, -0.25) is 4.79 Å². The molecule has 0 fully saturated rings. The number of nitrogens with two attached hydrogens (primary N) is 1. The van der Waals surface area contributed by atoms with E-state index in [2.05, 4.69) is 5.32 Å². The first-order chi connectivity index (χ1) is 10.3. The summed E-state index contributed by atoms with van der Waals surface area (Å²) in [5.74, 6) is -0.358. The minimum absolute atomic E-state index is 0.0754. The Balaban J connectivity index is 2.56. The van der Waals surface area contributed by atoms with E-state index in [4.69, 9.17) is 15.2 Å². The van der Waals surface area contributed by atoms with Crippen LogP contribution in [0.5, 0.6) is 11.5 Å². The van der Waals surface area contributed by atoms with Crippen LogP contribution in [-0.2, 0) is 4.79 Å². The molecular formula is C16H19N3O3. The highest BCUT2D eigenvalue weighted by Gasteiger charge is 2.37. The van der Waals surface area contributed by atoms with Crippen molar-refractivity contribution in [2.75, 3.05) is 7.11 Å². The summed E-state index contributed by atoms with van der Waals surface area (Å²) >= 11 is 0. The van der Waals surface area contributed by atoms with Gasteiger partial charge in [0.1, 0.15) is 17.6 Å². The molecule has 1 unspecified atom stereocenters. The van der Waals surface area contributed by atoms with E-state index in [1.54, 1.807) is 18.2 Å². The van der Waals surface area contributed by atoms with Gasteiger partial charge >= 0.3 is 0 Å². The van der Waals surface area contributed by atoms with Crippen LogP contribution >= 0.6 is 0 Å². The van der Waals surface area contributed by atoms with Crippen molar-refractivity contribution in [2.45, 2.75) is 32.2 Å². The molecule has 1 atom stereocenters. The van der Waals surface area contributed by atoms with Crippen LogP contribution in [0, 0.1) is 11.3 Å². The fourth-order valence-corrected chi connectivity index (χ4v) is 2.33. The second-order valence-corrected chi connectivity index (χ2v) is 6.04. The number of para-hydroxylation sites is 1. The van der Waals surface area contributed by atoms with Gasteiger partial charge in [-0.15, -0.1) is 0 Å². The second kappa shape index (κ2) is 5.60. The number of nitrogens with one attached hydrogen (secondary N) is 1. The zero-order valence-electron chi connectivity index (χ0n) is 13.1. The molecule has 0 saturated heterocycles. The summed E-state index contributed by atoms with van der Waals surface area (Å²) in [6.07, 6.45) is 0. The molecule has 2 rings (SSSR count). The van der Waals surface area contributed by atoms with Crippen LogP contribution in [0.4, 0.5) is 0 Å². The van der Waals surface area contributed by atoms with Crippen LogP contribution in [0.2, 0.25) is 0 Å². The van der Waals surface area contributed by atoms with Gasteiger partial charge in [-0.05, 0) is 26.8 Å². The van der Waals surface area contributed by atoms with Gasteiger partial charge in [0.05, 0.1) is 7.11 Å². The van der Waals surface area contributed by atoms with Gasteiger partial charge in [0.2, 0.25) is 11.8 Å². The maximum atomic E-state index is 12.6. The van der Waals surface area contributed by atoms with E-state index >= 15 is 0 Å². The Morgan fingerprint density at radius 3 is 2.68 bits per heavy atom. The Kier molecular flexibility index (Phi) is 4.00. The predicted octanol–water partition coefficient (Wildman–Crippen LogP) is 1.78. The fraction of sp³-hybridized carbons (Fsp3) is 0.375. The average Bonchev–Trinajstić information content (AvgIpc) is 2.43. The Bertz CT molecular complexity index is 681. The first-order valence-electron chi connectivity index (χ1n) is 6.85. The molecule has 0 radical (unpaired) electrons. The van der Waals surface area contributed by atoms with Crippen molar-refractivity contribution in [3.05, 3.63) is 35.2 Å². The van der Waals surface area contributed by atoms with Gasteiger partial charge in [0, 0.05) is 11.1 Å². The molecule has 1 aliphatic heterocycles. The van der Waals surface area contributed by atoms with Gasteiger partial charge < -0.3 is 20.5 Å². The number of carbonyl (C=O) groups excluding carboxylic acids is 1. The summed E-state index contributed by atoms with van der Waals surface area (Å²) in [5, 5.41) is 12.2. The first-order valence-corrected chi connectivity index (χ1v) is 6.85. The lowest BCUT2D eigenvalue weighted by molar-refractivity contribution is -0.123. The Labute approximate surface area is 129 Å². The number of hydrogen-bond acceptors (Lipinski definition) is 5. The summed E-state index contributed by atoms with van der Waals surface area (Å²) in [4.78, 5) is 12.6. The lowest BCUT2D eigenvalue weighted by Crippen LogP contribution is -2.44. The van der Waals surface area contributed by atoms with Crippen molar-refractivity contribution in [1.82, 2.24) is 5.32 Å². The van der Waals surface area contributed by atoms with Crippen LogP contribution in [0.1, 0.15) is 32.3 Å². The molecule has 1 aliphatic rings. The van der Waals surface area contributed by atoms with E-state index in [0.29, 0.717) is 17.1 Å². The molecule has 1 aromatic carbocycles. The SMILES string of the molecule is COc1cccc2c1OC(N)=C(C#N)C2C(=O)NC(C)(C)C. The number of hydrogen-bond donors (Lipinski definition) is 2. The van der Waals surface area contributed by atoms with Gasteiger partial charge in [0.15, 0.2) is 11.5 Å². The highest BCUT2D eigenvalue weighted by molar-refractivity contribution is 5.90. The molecule has 1 amide bonds. The number of benzene rings is 1. The highest BCUT2D eigenvalue weighted by atomic mass is 16.5. The van der Waals surface area contributed by atoms with E-state index in [0.717, 1.165) is 0 Å². The predicted molar refractivity (Wildman–Crippen MR) is 81.1 cm³/mol. The lowest BCUT2D eigenvalue weighted by atomic mass is 9.87. The van der Waals surface area contributed by atoms with E-state index in [-0.39, 0.29) is 17.4 Å². The molecule has 0 spiro atoms. The molecule has 0 aliphatic carbocycles. The van der Waals surface area contributed by atoms with Gasteiger partial charge in [-0.2, -0.15) is 5.26 Å². The largest absolute Gasteiger partial charge is 0.493 e. The van der Waals surface area contributed by atoms with Crippen molar-refractivity contribution >= 4 is 5.91 Å². The van der Waals surface area contributed by atoms with Crippen molar-refractivity contribution in [2.24, 2.45) is 5.73 Å². The molecule has 1 heterocycles. The highest BCUT2D eigenvalue weighted by Crippen LogP contribution is 2.43. The third-order valence-electron chi connectivity index (χ3n) is 3.19. The lowest BCUT2D eigenvalue weighted by Gasteiger charge is -2.29. The molecule has 0 saturated carbocycles. The maximum Gasteiger partial charge on any atom is 0.233 e. The number of nitrogens with zero attached hydrogens (tertiary/aromatic N) is 1. The van der Waals surface area contributed by atoms with Crippen molar-refractivity contribution in [3.63, 3.8) is 0 Å². The van der Waals surface area contributed by atoms with E-state index in [1.807, 2.05) is 26.8 Å². The van der Waals surface area contributed by atoms with Crippen LogP contribution in [0.25, 0.3) is 0 Å². The Morgan fingerprint density at radius 1 is 1.45 bits per heavy atom. The Hall–Kier alpha value is -2.68. The summed E-state index contributed by atoms with van der Waals surface area (Å²) in [6.45, 7) is 5.61. The number of amides is 1.